The van der Waals surface area contributed by atoms with Crippen LogP contribution in [0.15, 0.2) is 79.6 Å². The van der Waals surface area contributed by atoms with Crippen LogP contribution >= 0.6 is 0 Å². The van der Waals surface area contributed by atoms with Gasteiger partial charge in [0.1, 0.15) is 0 Å². The highest BCUT2D eigenvalue weighted by Crippen LogP contribution is 2.38. The first-order chi connectivity index (χ1) is 11.7. The van der Waals surface area contributed by atoms with Crippen molar-refractivity contribution < 1.29 is 0 Å². The molecule has 116 valence electrons. The summed E-state index contributed by atoms with van der Waals surface area (Å²) >= 11 is 0. The Labute approximate surface area is 142 Å². The lowest BCUT2D eigenvalue weighted by molar-refractivity contribution is 1.16. The molecule has 0 atom stereocenters. The molecule has 2 heterocycles. The maximum Gasteiger partial charge on any atom is 0.0639 e. The summed E-state index contributed by atoms with van der Waals surface area (Å²) in [5, 5.41) is 0. The fraction of sp³-hybridized carbons (Fsp3) is 0.0455. The lowest BCUT2D eigenvalue weighted by Crippen LogP contribution is -2.12. The van der Waals surface area contributed by atoms with Gasteiger partial charge in [0.2, 0.25) is 0 Å². The zero-order valence-corrected chi connectivity index (χ0v) is 13.6. The molecule has 0 saturated carbocycles. The third-order valence-corrected chi connectivity index (χ3v) is 4.35. The molecule has 1 aliphatic rings. The molecule has 0 bridgehead atoms. The number of rotatable bonds is 1. The van der Waals surface area contributed by atoms with Crippen molar-refractivity contribution in [2.45, 2.75) is 6.92 Å². The van der Waals surface area contributed by atoms with E-state index in [-0.39, 0.29) is 0 Å². The van der Waals surface area contributed by atoms with Gasteiger partial charge in [0.15, 0.2) is 0 Å². The molecule has 2 aromatic carbocycles. The van der Waals surface area contributed by atoms with Gasteiger partial charge in [0.25, 0.3) is 0 Å². The second kappa shape index (κ2) is 5.82. The van der Waals surface area contributed by atoms with E-state index in [1.165, 1.54) is 11.1 Å². The van der Waals surface area contributed by atoms with E-state index in [2.05, 4.69) is 83.3 Å². The van der Waals surface area contributed by atoms with Gasteiger partial charge >= 0.3 is 0 Å². The molecule has 3 aromatic rings. The number of para-hydroxylation sites is 1. The first-order valence-corrected chi connectivity index (χ1v) is 8.02. The van der Waals surface area contributed by atoms with Crippen LogP contribution in [0, 0.1) is 6.92 Å². The maximum absolute atomic E-state index is 4.45. The van der Waals surface area contributed by atoms with E-state index in [0.29, 0.717) is 0 Å². The molecule has 24 heavy (non-hydrogen) atoms. The Morgan fingerprint density at radius 2 is 1.62 bits per heavy atom. The Balaban J connectivity index is 1.95. The van der Waals surface area contributed by atoms with E-state index in [0.717, 1.165) is 28.2 Å². The van der Waals surface area contributed by atoms with Crippen molar-refractivity contribution in [2.24, 2.45) is 0 Å². The highest BCUT2D eigenvalue weighted by molar-refractivity contribution is 5.92. The average Bonchev–Trinajstić information content (AvgIpc) is 2.62. The number of aromatic nitrogens is 1. The van der Waals surface area contributed by atoms with E-state index in [1.54, 1.807) is 0 Å². The molecule has 1 aromatic heterocycles. The molecule has 0 radical (unpaired) electrons. The molecule has 0 unspecified atom stereocenters. The standard InChI is InChI=1S/C22H18N2/c1-16-11-12-19(15-23-16)24-14-13-18-7-3-4-8-20(18)17(2)21-9-5-6-10-22(21)24/h3-15H,2H2,1H3/b14-13-. The summed E-state index contributed by atoms with van der Waals surface area (Å²) in [7, 11) is 0. The van der Waals surface area contributed by atoms with Gasteiger partial charge in [-0.3, -0.25) is 4.98 Å². The van der Waals surface area contributed by atoms with Crippen LogP contribution in [-0.2, 0) is 0 Å². The highest BCUT2D eigenvalue weighted by Gasteiger charge is 2.17. The van der Waals surface area contributed by atoms with Gasteiger partial charge in [-0.05, 0) is 47.9 Å². The van der Waals surface area contributed by atoms with Gasteiger partial charge in [-0.15, -0.1) is 0 Å². The van der Waals surface area contributed by atoms with Gasteiger partial charge in [-0.25, -0.2) is 0 Å². The van der Waals surface area contributed by atoms with Crippen LogP contribution in [0.25, 0.3) is 11.6 Å². The predicted octanol–water partition coefficient (Wildman–Crippen LogP) is 5.57. The molecule has 0 fully saturated rings. The largest absolute Gasteiger partial charge is 0.315 e. The smallest absolute Gasteiger partial charge is 0.0639 e. The van der Waals surface area contributed by atoms with Gasteiger partial charge in [-0.1, -0.05) is 49.0 Å². The van der Waals surface area contributed by atoms with E-state index in [9.17, 15) is 0 Å². The van der Waals surface area contributed by atoms with Crippen molar-refractivity contribution in [3.05, 3.63) is 102 Å². The summed E-state index contributed by atoms with van der Waals surface area (Å²) in [6, 6.07) is 20.9. The zero-order valence-electron chi connectivity index (χ0n) is 13.6. The summed E-state index contributed by atoms with van der Waals surface area (Å²) in [5.74, 6) is 0. The Morgan fingerprint density at radius 1 is 0.875 bits per heavy atom. The van der Waals surface area contributed by atoms with Crippen molar-refractivity contribution in [2.75, 3.05) is 4.90 Å². The Kier molecular flexibility index (Phi) is 3.51. The Hall–Kier alpha value is -3.13. The van der Waals surface area contributed by atoms with Crippen molar-refractivity contribution >= 4 is 23.0 Å². The van der Waals surface area contributed by atoms with Crippen LogP contribution in [0.5, 0.6) is 0 Å². The number of fused-ring (bicyclic) bond motifs is 2. The number of anilines is 2. The van der Waals surface area contributed by atoms with E-state index in [4.69, 9.17) is 0 Å². The van der Waals surface area contributed by atoms with Crippen LogP contribution in [0.4, 0.5) is 11.4 Å². The van der Waals surface area contributed by atoms with Gasteiger partial charge in [-0.2, -0.15) is 0 Å². The van der Waals surface area contributed by atoms with Crippen LogP contribution in [0.2, 0.25) is 0 Å². The number of pyridine rings is 1. The molecule has 2 heteroatoms. The summed E-state index contributed by atoms with van der Waals surface area (Å²) in [4.78, 5) is 6.62. The van der Waals surface area contributed by atoms with Crippen LogP contribution in [0.3, 0.4) is 0 Å². The molecular weight excluding hydrogens is 292 g/mol. The van der Waals surface area contributed by atoms with Crippen molar-refractivity contribution in [3.63, 3.8) is 0 Å². The van der Waals surface area contributed by atoms with E-state index < -0.39 is 0 Å². The van der Waals surface area contributed by atoms with Gasteiger partial charge < -0.3 is 4.90 Å². The van der Waals surface area contributed by atoms with Crippen LogP contribution in [0.1, 0.15) is 22.4 Å². The van der Waals surface area contributed by atoms with Crippen molar-refractivity contribution in [1.82, 2.24) is 4.98 Å². The van der Waals surface area contributed by atoms with Crippen molar-refractivity contribution in [1.29, 1.82) is 0 Å². The summed E-state index contributed by atoms with van der Waals surface area (Å²) < 4.78 is 0. The quantitative estimate of drug-likeness (QED) is 0.584. The molecule has 0 saturated heterocycles. The first kappa shape index (κ1) is 14.5. The third-order valence-electron chi connectivity index (χ3n) is 4.35. The van der Waals surface area contributed by atoms with Crippen molar-refractivity contribution in [3.8, 4) is 0 Å². The fourth-order valence-corrected chi connectivity index (χ4v) is 3.06. The number of hydrogen-bond acceptors (Lipinski definition) is 2. The minimum atomic E-state index is 1.01. The predicted molar refractivity (Wildman–Crippen MR) is 101 cm³/mol. The highest BCUT2D eigenvalue weighted by atomic mass is 15.1. The molecule has 0 aliphatic carbocycles. The van der Waals surface area contributed by atoms with Crippen LogP contribution < -0.4 is 4.90 Å². The van der Waals surface area contributed by atoms with Gasteiger partial charge in [0.05, 0.1) is 17.6 Å². The Morgan fingerprint density at radius 3 is 2.42 bits per heavy atom. The first-order valence-electron chi connectivity index (χ1n) is 8.02. The normalized spacial score (nSPS) is 14.4. The fourth-order valence-electron chi connectivity index (χ4n) is 3.06. The molecule has 0 spiro atoms. The molecule has 0 N–H and O–H groups in total. The summed E-state index contributed by atoms with van der Waals surface area (Å²) in [6.45, 7) is 6.36. The monoisotopic (exact) mass is 310 g/mol. The van der Waals surface area contributed by atoms with E-state index in [1.807, 2.05) is 19.2 Å². The van der Waals surface area contributed by atoms with E-state index >= 15 is 0 Å². The topological polar surface area (TPSA) is 16.1 Å². The average molecular weight is 310 g/mol. The molecular formula is C22H18N2. The van der Waals surface area contributed by atoms with Crippen LogP contribution in [-0.4, -0.2) is 4.98 Å². The number of benzene rings is 2. The second-order valence-electron chi connectivity index (χ2n) is 5.93. The number of nitrogens with zero attached hydrogens (tertiary/aromatic N) is 2. The second-order valence-corrected chi connectivity index (χ2v) is 5.93. The summed E-state index contributed by atoms with van der Waals surface area (Å²) in [6.07, 6.45) is 6.15. The third kappa shape index (κ3) is 2.42. The number of aryl methyl sites for hydroxylation is 1. The minimum absolute atomic E-state index is 1.01. The molecule has 0 amide bonds. The number of hydrogen-bond donors (Lipinski definition) is 0. The lowest BCUT2D eigenvalue weighted by Gasteiger charge is -2.26. The SMILES string of the molecule is C=C1c2ccccc2/C=C\N(c2ccc(C)nc2)c2ccccc21. The lowest BCUT2D eigenvalue weighted by atomic mass is 9.92. The maximum atomic E-state index is 4.45. The molecule has 1 aliphatic heterocycles. The minimum Gasteiger partial charge on any atom is -0.315 e. The summed E-state index contributed by atoms with van der Waals surface area (Å²) in [5.41, 5.74) is 7.67. The molecule has 4 rings (SSSR count). The molecule has 2 nitrogen and oxygen atoms in total. The zero-order chi connectivity index (χ0) is 16.5. The Bertz CT molecular complexity index is 936. The van der Waals surface area contributed by atoms with Gasteiger partial charge in [0, 0.05) is 17.5 Å².